The van der Waals surface area contributed by atoms with E-state index in [2.05, 4.69) is 4.98 Å². The Labute approximate surface area is 142 Å². The first-order chi connectivity index (χ1) is 11.5. The lowest BCUT2D eigenvalue weighted by molar-refractivity contribution is -0.385. The van der Waals surface area contributed by atoms with Gasteiger partial charge in [0.05, 0.1) is 4.92 Å². The minimum absolute atomic E-state index is 0.0413. The number of fused-ring (bicyclic) bond motifs is 1. The number of hydrogen-bond acceptors (Lipinski definition) is 6. The van der Waals surface area contributed by atoms with Gasteiger partial charge in [-0.05, 0) is 30.5 Å². The lowest BCUT2D eigenvalue weighted by atomic mass is 10.2. The molecule has 0 amide bonds. The molecule has 0 bridgehead atoms. The molecule has 0 aliphatic heterocycles. The third-order valence-corrected chi connectivity index (χ3v) is 4.85. The van der Waals surface area contributed by atoms with E-state index in [-0.39, 0.29) is 11.9 Å². The summed E-state index contributed by atoms with van der Waals surface area (Å²) in [7, 11) is 1.73. The highest BCUT2D eigenvalue weighted by molar-refractivity contribution is 7.09. The molecule has 3 aromatic rings. The second-order valence-electron chi connectivity index (χ2n) is 5.52. The standard InChI is InChI=1S/C16H16N4O3S/c1-11(10-12-6-5-9-24-12)18(2)15-14(20(22)23)16(21)19-8-4-3-7-13(19)17-15/h3-9,11H,10H2,1-2H3. The second-order valence-corrected chi connectivity index (χ2v) is 6.55. The predicted molar refractivity (Wildman–Crippen MR) is 94.0 cm³/mol. The van der Waals surface area contributed by atoms with Gasteiger partial charge in [0.25, 0.3) is 0 Å². The van der Waals surface area contributed by atoms with Crippen LogP contribution in [0.25, 0.3) is 5.65 Å². The highest BCUT2D eigenvalue weighted by Crippen LogP contribution is 2.25. The van der Waals surface area contributed by atoms with Gasteiger partial charge in [0, 0.05) is 30.6 Å². The van der Waals surface area contributed by atoms with Crippen LogP contribution >= 0.6 is 11.3 Å². The molecular weight excluding hydrogens is 328 g/mol. The Kier molecular flexibility index (Phi) is 4.30. The summed E-state index contributed by atoms with van der Waals surface area (Å²) < 4.78 is 1.19. The predicted octanol–water partition coefficient (Wildman–Crippen LogP) is 2.73. The van der Waals surface area contributed by atoms with Gasteiger partial charge in [-0.1, -0.05) is 12.1 Å². The summed E-state index contributed by atoms with van der Waals surface area (Å²) in [4.78, 5) is 30.5. The monoisotopic (exact) mass is 344 g/mol. The number of hydrogen-bond donors (Lipinski definition) is 0. The largest absolute Gasteiger partial charge is 0.376 e. The number of nitrogens with zero attached hydrogens (tertiary/aromatic N) is 4. The van der Waals surface area contributed by atoms with Crippen LogP contribution in [0.5, 0.6) is 0 Å². The normalized spacial score (nSPS) is 12.2. The molecule has 0 aliphatic rings. The van der Waals surface area contributed by atoms with Gasteiger partial charge < -0.3 is 4.90 Å². The summed E-state index contributed by atoms with van der Waals surface area (Å²) in [6.07, 6.45) is 2.21. The first kappa shape index (κ1) is 16.1. The van der Waals surface area contributed by atoms with E-state index in [1.807, 2.05) is 24.4 Å². The van der Waals surface area contributed by atoms with E-state index >= 15 is 0 Å². The average molecular weight is 344 g/mol. The molecule has 3 aromatic heterocycles. The van der Waals surface area contributed by atoms with Crippen LogP contribution in [0.15, 0.2) is 46.7 Å². The molecule has 3 heterocycles. The van der Waals surface area contributed by atoms with Crippen LogP contribution in [0.3, 0.4) is 0 Å². The van der Waals surface area contributed by atoms with Crippen molar-refractivity contribution in [2.75, 3.05) is 11.9 Å². The Morgan fingerprint density at radius 2 is 2.17 bits per heavy atom. The third kappa shape index (κ3) is 2.88. The Hall–Kier alpha value is -2.74. The number of thiophene rings is 1. The molecule has 8 heteroatoms. The summed E-state index contributed by atoms with van der Waals surface area (Å²) in [5.74, 6) is 0.0975. The number of pyridine rings is 1. The maximum absolute atomic E-state index is 12.5. The molecule has 24 heavy (non-hydrogen) atoms. The van der Waals surface area contributed by atoms with Gasteiger partial charge >= 0.3 is 11.2 Å². The Morgan fingerprint density at radius 1 is 1.38 bits per heavy atom. The lowest BCUT2D eigenvalue weighted by Gasteiger charge is -2.25. The van der Waals surface area contributed by atoms with Crippen LogP contribution in [-0.4, -0.2) is 27.4 Å². The maximum Gasteiger partial charge on any atom is 0.376 e. The molecule has 0 radical (unpaired) electrons. The summed E-state index contributed by atoms with van der Waals surface area (Å²) >= 11 is 1.63. The van der Waals surface area contributed by atoms with Crippen molar-refractivity contribution < 1.29 is 4.92 Å². The van der Waals surface area contributed by atoms with E-state index in [0.717, 1.165) is 6.42 Å². The van der Waals surface area contributed by atoms with Gasteiger partial charge in [-0.2, -0.15) is 0 Å². The van der Waals surface area contributed by atoms with Crippen LogP contribution in [0, 0.1) is 10.1 Å². The van der Waals surface area contributed by atoms with Gasteiger partial charge in [0.2, 0.25) is 5.82 Å². The molecule has 124 valence electrons. The summed E-state index contributed by atoms with van der Waals surface area (Å²) in [5, 5.41) is 13.4. The van der Waals surface area contributed by atoms with Crippen LogP contribution < -0.4 is 10.5 Å². The second kappa shape index (κ2) is 6.40. The Bertz CT molecular complexity index is 936. The van der Waals surface area contributed by atoms with Crippen molar-refractivity contribution in [1.29, 1.82) is 0 Å². The molecular formula is C16H16N4O3S. The van der Waals surface area contributed by atoms with Gasteiger partial charge in [-0.15, -0.1) is 11.3 Å². The van der Waals surface area contributed by atoms with Crippen molar-refractivity contribution in [2.45, 2.75) is 19.4 Å². The van der Waals surface area contributed by atoms with Crippen molar-refractivity contribution in [1.82, 2.24) is 9.38 Å². The maximum atomic E-state index is 12.5. The summed E-state index contributed by atoms with van der Waals surface area (Å²) in [6.45, 7) is 1.96. The van der Waals surface area contributed by atoms with Gasteiger partial charge in [0.1, 0.15) is 5.65 Å². The number of likely N-dealkylation sites (N-methyl/N-ethyl adjacent to an activating group) is 1. The molecule has 0 spiro atoms. The molecule has 1 atom stereocenters. The lowest BCUT2D eigenvalue weighted by Crippen LogP contribution is -2.34. The van der Waals surface area contributed by atoms with E-state index in [9.17, 15) is 14.9 Å². The highest BCUT2D eigenvalue weighted by atomic mass is 32.1. The molecule has 0 aromatic carbocycles. The van der Waals surface area contributed by atoms with Crippen molar-refractivity contribution >= 4 is 28.5 Å². The first-order valence-electron chi connectivity index (χ1n) is 7.40. The summed E-state index contributed by atoms with van der Waals surface area (Å²) in [5.41, 5.74) is -0.784. The van der Waals surface area contributed by atoms with Crippen molar-refractivity contribution in [3.63, 3.8) is 0 Å². The van der Waals surface area contributed by atoms with Crippen LogP contribution in [0.2, 0.25) is 0 Å². The van der Waals surface area contributed by atoms with Gasteiger partial charge in [-0.3, -0.25) is 19.3 Å². The van der Waals surface area contributed by atoms with E-state index in [4.69, 9.17) is 0 Å². The minimum Gasteiger partial charge on any atom is -0.351 e. The molecule has 3 rings (SSSR count). The molecule has 7 nitrogen and oxygen atoms in total. The number of aromatic nitrogens is 2. The molecule has 0 N–H and O–H groups in total. The van der Waals surface area contributed by atoms with Crippen molar-refractivity contribution in [2.24, 2.45) is 0 Å². The molecule has 0 fully saturated rings. The number of anilines is 1. The fourth-order valence-electron chi connectivity index (χ4n) is 2.54. The number of rotatable bonds is 5. The fourth-order valence-corrected chi connectivity index (χ4v) is 3.37. The zero-order valence-electron chi connectivity index (χ0n) is 13.2. The van der Waals surface area contributed by atoms with E-state index in [0.29, 0.717) is 5.65 Å². The third-order valence-electron chi connectivity index (χ3n) is 3.95. The quantitative estimate of drug-likeness (QED) is 0.525. The topological polar surface area (TPSA) is 80.8 Å². The van der Waals surface area contributed by atoms with E-state index in [1.165, 1.54) is 15.5 Å². The average Bonchev–Trinajstić information content (AvgIpc) is 3.06. The van der Waals surface area contributed by atoms with Gasteiger partial charge in [-0.25, -0.2) is 4.98 Å². The van der Waals surface area contributed by atoms with Crippen molar-refractivity contribution in [3.8, 4) is 0 Å². The van der Waals surface area contributed by atoms with E-state index < -0.39 is 16.2 Å². The zero-order valence-corrected chi connectivity index (χ0v) is 14.1. The smallest absolute Gasteiger partial charge is 0.351 e. The Morgan fingerprint density at radius 3 is 2.83 bits per heavy atom. The first-order valence-corrected chi connectivity index (χ1v) is 8.28. The molecule has 0 saturated carbocycles. The highest BCUT2D eigenvalue weighted by Gasteiger charge is 2.28. The van der Waals surface area contributed by atoms with E-state index in [1.54, 1.807) is 41.5 Å². The summed E-state index contributed by atoms with van der Waals surface area (Å²) in [6, 6.07) is 8.99. The number of nitro groups is 1. The van der Waals surface area contributed by atoms with Crippen LogP contribution in [0.4, 0.5) is 11.5 Å². The zero-order chi connectivity index (χ0) is 17.3. The van der Waals surface area contributed by atoms with Crippen molar-refractivity contribution in [3.05, 3.63) is 67.3 Å². The van der Waals surface area contributed by atoms with Crippen LogP contribution in [0.1, 0.15) is 11.8 Å². The minimum atomic E-state index is -0.671. The fraction of sp³-hybridized carbons (Fsp3) is 0.250. The Balaban J connectivity index is 2.08. The molecule has 0 saturated heterocycles. The SMILES string of the molecule is CC(Cc1cccs1)N(C)c1nc2ccccn2c(=O)c1[N+](=O)[O-]. The molecule has 1 unspecified atom stereocenters. The van der Waals surface area contributed by atoms with Crippen LogP contribution in [-0.2, 0) is 6.42 Å². The van der Waals surface area contributed by atoms with Gasteiger partial charge in [0.15, 0.2) is 0 Å². The molecule has 0 aliphatic carbocycles.